The molecule has 2 saturated carbocycles. The zero-order valence-electron chi connectivity index (χ0n) is 9.08. The van der Waals surface area contributed by atoms with Crippen molar-refractivity contribution in [2.45, 2.75) is 38.6 Å². The maximum Gasteiger partial charge on any atom is 0.00722 e. The van der Waals surface area contributed by atoms with Crippen LogP contribution in [0.1, 0.15) is 32.6 Å². The average molecular weight is 191 g/mol. The first kappa shape index (κ1) is 8.96. The van der Waals surface area contributed by atoms with Gasteiger partial charge in [0.1, 0.15) is 0 Å². The van der Waals surface area contributed by atoms with E-state index in [1.807, 2.05) is 0 Å². The van der Waals surface area contributed by atoms with Gasteiger partial charge in [-0.05, 0) is 55.9 Å². The van der Waals surface area contributed by atoms with Crippen molar-refractivity contribution in [1.82, 2.24) is 5.32 Å². The molecule has 0 aromatic carbocycles. The zero-order chi connectivity index (χ0) is 9.54. The monoisotopic (exact) mass is 191 g/mol. The van der Waals surface area contributed by atoms with Crippen LogP contribution in [0, 0.1) is 23.7 Å². The first-order chi connectivity index (χ1) is 6.81. The highest BCUT2D eigenvalue weighted by atomic mass is 14.9. The van der Waals surface area contributed by atoms with Gasteiger partial charge in [-0.2, -0.15) is 0 Å². The summed E-state index contributed by atoms with van der Waals surface area (Å²) in [7, 11) is 0. The van der Waals surface area contributed by atoms with E-state index >= 15 is 0 Å². The number of fused-ring (bicyclic) bond motifs is 2. The smallest absolute Gasteiger partial charge is 0.00722 e. The molecule has 0 saturated heterocycles. The SMILES string of the molecule is CC1CC(NCC2CC3C=CC2C3)C1. The van der Waals surface area contributed by atoms with E-state index in [0.717, 1.165) is 29.7 Å². The predicted octanol–water partition coefficient (Wildman–Crippen LogP) is 2.59. The van der Waals surface area contributed by atoms with Gasteiger partial charge >= 0.3 is 0 Å². The van der Waals surface area contributed by atoms with Crippen LogP contribution in [0.3, 0.4) is 0 Å². The van der Waals surface area contributed by atoms with Crippen molar-refractivity contribution in [2.24, 2.45) is 23.7 Å². The molecule has 78 valence electrons. The summed E-state index contributed by atoms with van der Waals surface area (Å²) in [5, 5.41) is 3.74. The van der Waals surface area contributed by atoms with Gasteiger partial charge < -0.3 is 5.32 Å². The molecule has 3 atom stereocenters. The van der Waals surface area contributed by atoms with E-state index < -0.39 is 0 Å². The second kappa shape index (κ2) is 3.37. The summed E-state index contributed by atoms with van der Waals surface area (Å²) >= 11 is 0. The van der Waals surface area contributed by atoms with E-state index in [0.29, 0.717) is 0 Å². The molecule has 1 N–H and O–H groups in total. The highest BCUT2D eigenvalue weighted by Crippen LogP contribution is 2.43. The van der Waals surface area contributed by atoms with Crippen molar-refractivity contribution in [1.29, 1.82) is 0 Å². The molecule has 0 heterocycles. The Morgan fingerprint density at radius 1 is 1.14 bits per heavy atom. The third-order valence-corrected chi connectivity index (χ3v) is 4.46. The molecule has 14 heavy (non-hydrogen) atoms. The van der Waals surface area contributed by atoms with E-state index in [9.17, 15) is 0 Å². The number of nitrogens with one attached hydrogen (secondary N) is 1. The van der Waals surface area contributed by atoms with Crippen molar-refractivity contribution in [3.8, 4) is 0 Å². The summed E-state index contributed by atoms with van der Waals surface area (Å²) in [5.41, 5.74) is 0. The number of rotatable bonds is 3. The first-order valence-corrected chi connectivity index (χ1v) is 6.23. The molecule has 1 nitrogen and oxygen atoms in total. The van der Waals surface area contributed by atoms with Crippen LogP contribution >= 0.6 is 0 Å². The lowest BCUT2D eigenvalue weighted by Gasteiger charge is -2.35. The van der Waals surface area contributed by atoms with E-state index in [1.54, 1.807) is 0 Å². The van der Waals surface area contributed by atoms with Crippen molar-refractivity contribution < 1.29 is 0 Å². The molecule has 1 heteroatoms. The van der Waals surface area contributed by atoms with Crippen molar-refractivity contribution in [3.05, 3.63) is 12.2 Å². The molecule has 2 fully saturated rings. The molecule has 3 aliphatic carbocycles. The van der Waals surface area contributed by atoms with Crippen LogP contribution in [0.5, 0.6) is 0 Å². The minimum absolute atomic E-state index is 0.855. The summed E-state index contributed by atoms with van der Waals surface area (Å²) in [6.45, 7) is 3.64. The van der Waals surface area contributed by atoms with Gasteiger partial charge in [-0.15, -0.1) is 0 Å². The maximum absolute atomic E-state index is 3.74. The quantitative estimate of drug-likeness (QED) is 0.676. The fraction of sp³-hybridized carbons (Fsp3) is 0.846. The first-order valence-electron chi connectivity index (χ1n) is 6.23. The summed E-state index contributed by atoms with van der Waals surface area (Å²) in [5.74, 6) is 3.80. The van der Waals surface area contributed by atoms with Gasteiger partial charge in [-0.1, -0.05) is 19.1 Å². The third kappa shape index (κ3) is 1.52. The fourth-order valence-electron chi connectivity index (χ4n) is 3.52. The second-order valence-corrected chi connectivity index (χ2v) is 5.72. The van der Waals surface area contributed by atoms with Gasteiger partial charge in [0.25, 0.3) is 0 Å². The van der Waals surface area contributed by atoms with Gasteiger partial charge in [-0.25, -0.2) is 0 Å². The molecule has 0 aromatic heterocycles. The van der Waals surface area contributed by atoms with Crippen LogP contribution in [0.15, 0.2) is 12.2 Å². The molecule has 3 rings (SSSR count). The minimum Gasteiger partial charge on any atom is -0.314 e. The Morgan fingerprint density at radius 2 is 2.00 bits per heavy atom. The van der Waals surface area contributed by atoms with Crippen LogP contribution in [0.2, 0.25) is 0 Å². The summed E-state index contributed by atoms with van der Waals surface area (Å²) < 4.78 is 0. The Morgan fingerprint density at radius 3 is 2.57 bits per heavy atom. The number of allylic oxidation sites excluding steroid dienone is 2. The average Bonchev–Trinajstić information content (AvgIpc) is 2.71. The van der Waals surface area contributed by atoms with Crippen molar-refractivity contribution in [2.75, 3.05) is 6.54 Å². The topological polar surface area (TPSA) is 12.0 Å². The third-order valence-electron chi connectivity index (χ3n) is 4.46. The molecule has 0 spiro atoms. The minimum atomic E-state index is 0.855. The van der Waals surface area contributed by atoms with E-state index in [4.69, 9.17) is 0 Å². The molecule has 0 aromatic rings. The highest BCUT2D eigenvalue weighted by Gasteiger charge is 2.36. The normalized spacial score (nSPS) is 49.6. The largest absolute Gasteiger partial charge is 0.314 e. The molecule has 0 aliphatic heterocycles. The Bertz CT molecular complexity index is 240. The van der Waals surface area contributed by atoms with Gasteiger partial charge in [-0.3, -0.25) is 0 Å². The molecule has 0 radical (unpaired) electrons. The maximum atomic E-state index is 3.74. The van der Waals surface area contributed by atoms with Crippen molar-refractivity contribution >= 4 is 0 Å². The number of hydrogen-bond donors (Lipinski definition) is 1. The Hall–Kier alpha value is -0.300. The van der Waals surface area contributed by atoms with Gasteiger partial charge in [0.2, 0.25) is 0 Å². The molecule has 3 unspecified atom stereocenters. The number of hydrogen-bond acceptors (Lipinski definition) is 1. The van der Waals surface area contributed by atoms with Gasteiger partial charge in [0.05, 0.1) is 0 Å². The van der Waals surface area contributed by atoms with Crippen LogP contribution in [-0.4, -0.2) is 12.6 Å². The molecule has 2 bridgehead atoms. The summed E-state index contributed by atoms with van der Waals surface area (Å²) in [4.78, 5) is 0. The summed E-state index contributed by atoms with van der Waals surface area (Å²) in [6.07, 6.45) is 10.6. The molecular formula is C13H21N. The van der Waals surface area contributed by atoms with E-state index in [2.05, 4.69) is 24.4 Å². The van der Waals surface area contributed by atoms with Crippen LogP contribution in [-0.2, 0) is 0 Å². The van der Waals surface area contributed by atoms with Crippen LogP contribution in [0.25, 0.3) is 0 Å². The van der Waals surface area contributed by atoms with Crippen LogP contribution in [0.4, 0.5) is 0 Å². The Balaban J connectivity index is 1.43. The van der Waals surface area contributed by atoms with Gasteiger partial charge in [0.15, 0.2) is 0 Å². The van der Waals surface area contributed by atoms with Crippen molar-refractivity contribution in [3.63, 3.8) is 0 Å². The molecule has 0 amide bonds. The molecule has 3 aliphatic rings. The highest BCUT2D eigenvalue weighted by molar-refractivity contribution is 5.10. The molecular weight excluding hydrogens is 170 g/mol. The lowest BCUT2D eigenvalue weighted by molar-refractivity contribution is 0.226. The Labute approximate surface area is 87.0 Å². The lowest BCUT2D eigenvalue weighted by Crippen LogP contribution is -2.42. The predicted molar refractivity (Wildman–Crippen MR) is 59.0 cm³/mol. The van der Waals surface area contributed by atoms with E-state index in [1.165, 1.54) is 32.2 Å². The summed E-state index contributed by atoms with van der Waals surface area (Å²) in [6, 6.07) is 0.855. The van der Waals surface area contributed by atoms with Crippen LogP contribution < -0.4 is 5.32 Å². The second-order valence-electron chi connectivity index (χ2n) is 5.72. The standard InChI is InChI=1S/C13H21N/c1-9-4-13(5-9)14-8-12-7-10-2-3-11(12)6-10/h2-3,9-14H,4-8H2,1H3. The Kier molecular flexibility index (Phi) is 2.16. The van der Waals surface area contributed by atoms with E-state index in [-0.39, 0.29) is 0 Å². The lowest BCUT2D eigenvalue weighted by atomic mass is 9.81. The van der Waals surface area contributed by atoms with Gasteiger partial charge in [0, 0.05) is 6.04 Å². The zero-order valence-corrected chi connectivity index (χ0v) is 9.08. The fourth-order valence-corrected chi connectivity index (χ4v) is 3.52.